The Morgan fingerprint density at radius 1 is 0.370 bits per heavy atom. The number of unbranched alkanes of at least 4 members (excludes halogenated alkanes) is 30. The maximum absolute atomic E-state index is 2.53. The highest BCUT2D eigenvalue weighted by molar-refractivity contribution is 7.32. The quantitative estimate of drug-likeness (QED) is 0.0402. The van der Waals surface area contributed by atoms with E-state index in [1.807, 2.05) is 22.7 Å². The summed E-state index contributed by atoms with van der Waals surface area (Å²) in [5, 5.41) is 4.74. The molecular formula is C50H80S4. The molecule has 0 aliphatic heterocycles. The first-order valence-corrected chi connectivity index (χ1v) is 26.9. The van der Waals surface area contributed by atoms with Gasteiger partial charge >= 0.3 is 0 Å². The van der Waals surface area contributed by atoms with Crippen LogP contribution in [0.1, 0.15) is 230 Å². The van der Waals surface area contributed by atoms with Gasteiger partial charge in [-0.1, -0.05) is 213 Å². The summed E-state index contributed by atoms with van der Waals surface area (Å²) in [7, 11) is 0. The lowest BCUT2D eigenvalue weighted by Gasteiger charge is -2.05. The molecule has 304 valence electrons. The van der Waals surface area contributed by atoms with Crippen LogP contribution in [0.2, 0.25) is 0 Å². The maximum Gasteiger partial charge on any atom is 0.0495 e. The van der Waals surface area contributed by atoms with E-state index in [4.69, 9.17) is 0 Å². The van der Waals surface area contributed by atoms with Gasteiger partial charge in [0, 0.05) is 28.9 Å². The van der Waals surface area contributed by atoms with E-state index < -0.39 is 0 Å². The predicted molar refractivity (Wildman–Crippen MR) is 253 cm³/mol. The Bertz CT molecular complexity index is 1420. The molecule has 0 spiro atoms. The number of hydrogen-bond acceptors (Lipinski definition) is 4. The molecule has 0 unspecified atom stereocenters. The van der Waals surface area contributed by atoms with Gasteiger partial charge in [-0.2, -0.15) is 0 Å². The normalized spacial score (nSPS) is 11.8. The molecule has 4 heterocycles. The summed E-state index contributed by atoms with van der Waals surface area (Å²) in [6.45, 7) is 4.62. The van der Waals surface area contributed by atoms with E-state index in [-0.39, 0.29) is 0 Å². The molecule has 4 heteroatoms. The van der Waals surface area contributed by atoms with Gasteiger partial charge in [-0.3, -0.25) is 0 Å². The van der Waals surface area contributed by atoms with Crippen molar-refractivity contribution in [2.45, 2.75) is 232 Å². The third-order valence-electron chi connectivity index (χ3n) is 11.7. The van der Waals surface area contributed by atoms with Crippen molar-refractivity contribution in [3.63, 3.8) is 0 Å². The topological polar surface area (TPSA) is 0 Å². The van der Waals surface area contributed by atoms with Crippen LogP contribution in [0.15, 0.2) is 35.0 Å². The highest BCUT2D eigenvalue weighted by Crippen LogP contribution is 2.47. The van der Waals surface area contributed by atoms with Crippen LogP contribution in [-0.4, -0.2) is 0 Å². The second-order valence-electron chi connectivity index (χ2n) is 16.6. The van der Waals surface area contributed by atoms with Crippen LogP contribution in [0.3, 0.4) is 0 Å². The molecule has 0 aromatic carbocycles. The first kappa shape index (κ1) is 45.8. The molecular weight excluding hydrogens is 729 g/mol. The predicted octanol–water partition coefficient (Wildman–Crippen LogP) is 20.0. The van der Waals surface area contributed by atoms with Gasteiger partial charge in [0.2, 0.25) is 0 Å². The highest BCUT2D eigenvalue weighted by atomic mass is 32.1. The first-order chi connectivity index (χ1) is 26.8. The molecule has 0 amide bonds. The van der Waals surface area contributed by atoms with E-state index in [1.54, 1.807) is 25.4 Å². The van der Waals surface area contributed by atoms with E-state index in [0.717, 1.165) is 0 Å². The van der Waals surface area contributed by atoms with Gasteiger partial charge in [0.05, 0.1) is 0 Å². The summed E-state index contributed by atoms with van der Waals surface area (Å²) in [5.74, 6) is 0. The van der Waals surface area contributed by atoms with E-state index in [0.29, 0.717) is 0 Å². The van der Waals surface area contributed by atoms with Crippen molar-refractivity contribution in [3.8, 4) is 19.5 Å². The minimum absolute atomic E-state index is 1.25. The molecule has 0 aliphatic carbocycles. The van der Waals surface area contributed by atoms with Crippen LogP contribution in [0.25, 0.3) is 28.9 Å². The van der Waals surface area contributed by atoms with Gasteiger partial charge in [-0.05, 0) is 65.8 Å². The Morgan fingerprint density at radius 3 is 1.24 bits per heavy atom. The van der Waals surface area contributed by atoms with Crippen LogP contribution < -0.4 is 0 Å². The zero-order valence-electron chi connectivity index (χ0n) is 35.1. The van der Waals surface area contributed by atoms with Gasteiger partial charge in [-0.15, -0.1) is 45.3 Å². The van der Waals surface area contributed by atoms with Gasteiger partial charge in [0.15, 0.2) is 0 Å². The maximum atomic E-state index is 2.53. The van der Waals surface area contributed by atoms with E-state index in [2.05, 4.69) is 71.5 Å². The Hall–Kier alpha value is -0.940. The van der Waals surface area contributed by atoms with E-state index in [1.165, 1.54) is 233 Å². The minimum Gasteiger partial charge on any atom is -0.143 e. The van der Waals surface area contributed by atoms with Crippen molar-refractivity contribution in [1.82, 2.24) is 0 Å². The number of thiophene rings is 4. The van der Waals surface area contributed by atoms with Crippen molar-refractivity contribution in [3.05, 3.63) is 46.2 Å². The molecule has 4 rings (SSSR count). The van der Waals surface area contributed by atoms with Crippen LogP contribution >= 0.6 is 45.3 Å². The summed E-state index contributed by atoms with van der Waals surface area (Å²) < 4.78 is 3.24. The average molecular weight is 809 g/mol. The van der Waals surface area contributed by atoms with E-state index >= 15 is 0 Å². The van der Waals surface area contributed by atoms with Crippen molar-refractivity contribution < 1.29 is 0 Å². The van der Waals surface area contributed by atoms with Crippen molar-refractivity contribution in [1.29, 1.82) is 0 Å². The molecule has 0 atom stereocenters. The van der Waals surface area contributed by atoms with Gasteiger partial charge in [0.1, 0.15) is 0 Å². The minimum atomic E-state index is 1.25. The second-order valence-corrected chi connectivity index (χ2v) is 20.5. The average Bonchev–Trinajstić information content (AvgIpc) is 4.01. The lowest BCUT2D eigenvalue weighted by molar-refractivity contribution is 0.529. The first-order valence-electron chi connectivity index (χ1n) is 23.5. The number of rotatable bonds is 36. The van der Waals surface area contributed by atoms with Crippen LogP contribution in [0.5, 0.6) is 0 Å². The fourth-order valence-corrected chi connectivity index (χ4v) is 13.0. The SMILES string of the molecule is CCCCCCCCCCCCCCCCCCc1csc2c(CCCCCCCCCCCCCCCCCC)c(-c3ccc(-c4cccs4)s3)sc12. The van der Waals surface area contributed by atoms with E-state index in [9.17, 15) is 0 Å². The molecule has 0 aliphatic rings. The van der Waals surface area contributed by atoms with Crippen LogP contribution in [-0.2, 0) is 12.8 Å². The summed E-state index contributed by atoms with van der Waals surface area (Å²) in [4.78, 5) is 5.91. The largest absolute Gasteiger partial charge is 0.143 e. The molecule has 4 aromatic heterocycles. The van der Waals surface area contributed by atoms with Crippen molar-refractivity contribution in [2.24, 2.45) is 0 Å². The second kappa shape index (κ2) is 30.2. The Labute approximate surface area is 350 Å². The van der Waals surface area contributed by atoms with Gasteiger partial charge in [-0.25, -0.2) is 0 Å². The molecule has 0 N–H and O–H groups in total. The third kappa shape index (κ3) is 18.1. The monoisotopic (exact) mass is 809 g/mol. The highest BCUT2D eigenvalue weighted by Gasteiger charge is 2.19. The molecule has 0 nitrogen and oxygen atoms in total. The zero-order valence-corrected chi connectivity index (χ0v) is 38.4. The molecule has 54 heavy (non-hydrogen) atoms. The Balaban J connectivity index is 1.13. The fraction of sp³-hybridized carbons (Fsp3) is 0.720. The number of fused-ring (bicyclic) bond motifs is 1. The molecule has 0 saturated heterocycles. The molecule has 4 aromatic rings. The lowest BCUT2D eigenvalue weighted by atomic mass is 10.0. The fourth-order valence-electron chi connectivity index (χ4n) is 8.29. The van der Waals surface area contributed by atoms with Crippen LogP contribution in [0, 0.1) is 0 Å². The summed E-state index contributed by atoms with van der Waals surface area (Å²) in [5.41, 5.74) is 3.31. The van der Waals surface area contributed by atoms with Crippen molar-refractivity contribution in [2.75, 3.05) is 0 Å². The summed E-state index contributed by atoms with van der Waals surface area (Å²) in [6.07, 6.45) is 48.5. The van der Waals surface area contributed by atoms with Gasteiger partial charge in [0.25, 0.3) is 0 Å². The van der Waals surface area contributed by atoms with Gasteiger partial charge < -0.3 is 0 Å². The molecule has 0 fully saturated rings. The molecule has 0 bridgehead atoms. The smallest absolute Gasteiger partial charge is 0.0495 e. The lowest BCUT2D eigenvalue weighted by Crippen LogP contribution is -1.87. The molecule has 0 saturated carbocycles. The Kier molecular flexibility index (Phi) is 25.6. The zero-order chi connectivity index (χ0) is 37.7. The third-order valence-corrected chi connectivity index (χ3v) is 16.6. The summed E-state index contributed by atoms with van der Waals surface area (Å²) >= 11 is 8.06. The number of hydrogen-bond donors (Lipinski definition) is 0. The van der Waals surface area contributed by atoms with Crippen molar-refractivity contribution >= 4 is 54.7 Å². The summed E-state index contributed by atoms with van der Waals surface area (Å²) in [6, 6.07) is 9.26. The Morgan fingerprint density at radius 2 is 0.796 bits per heavy atom. The van der Waals surface area contributed by atoms with Crippen LogP contribution in [0.4, 0.5) is 0 Å². The molecule has 0 radical (unpaired) electrons. The number of aryl methyl sites for hydroxylation is 2. The standard InChI is InChI=1S/C50H80S4/c1-3-5-7-9-11-13-15-17-19-21-23-25-27-29-31-33-36-43-42-52-50-44(49(54-48(43)50)47-40-39-46(53-47)45-38-35-41-51-45)37-34-32-30-28-26-24-22-20-18-16-14-12-10-8-6-4-2/h35,38-42H,3-34,36-37H2,1-2H3.